The first-order valence-corrected chi connectivity index (χ1v) is 40.7. The van der Waals surface area contributed by atoms with Crippen LogP contribution in [0.15, 0.2) is 36.5 Å². The fourth-order valence-corrected chi connectivity index (χ4v) is 13.9. The lowest BCUT2D eigenvalue weighted by Gasteiger charge is -2.48. The van der Waals surface area contributed by atoms with Gasteiger partial charge in [-0.1, -0.05) is 314 Å². The van der Waals surface area contributed by atoms with Crippen LogP contribution in [0.1, 0.15) is 335 Å². The van der Waals surface area contributed by atoms with Crippen LogP contribution in [0.25, 0.3) is 0 Å². The van der Waals surface area contributed by atoms with Gasteiger partial charge < -0.3 is 89.9 Å². The molecule has 3 aliphatic heterocycles. The number of nitrogens with one attached hydrogen (secondary N) is 1. The maximum atomic E-state index is 13.5. The van der Waals surface area contributed by atoms with E-state index in [9.17, 15) is 61.0 Å². The van der Waals surface area contributed by atoms with Gasteiger partial charge in [-0.25, -0.2) is 0 Å². The van der Waals surface area contributed by atoms with E-state index in [0.717, 1.165) is 57.8 Å². The van der Waals surface area contributed by atoms with Gasteiger partial charge >= 0.3 is 0 Å². The highest BCUT2D eigenvalue weighted by molar-refractivity contribution is 5.76. The van der Waals surface area contributed by atoms with Gasteiger partial charge in [-0.2, -0.15) is 0 Å². The average Bonchev–Trinajstić information content (AvgIpc) is 0.785. The lowest BCUT2D eigenvalue weighted by Crippen LogP contribution is -2.66. The quantitative estimate of drug-likeness (QED) is 0.0199. The molecule has 3 aliphatic rings. The first kappa shape index (κ1) is 91.2. The van der Waals surface area contributed by atoms with Crippen molar-refractivity contribution in [3.8, 4) is 0 Å². The SMILES string of the molecule is CCCCCCC/C=C\C/C=C\C/C=C\CCCCCCCCCCCCCCCCC(=O)NC(COC1OC(CO)C(OC2OC(CO)C(OC3OC(CO)C(O)C(O)C3O)C(O)C2O)C(O)C1O)C(O)CCCCCCCCCCCCCCCCCCCCCCCCCCC. The van der Waals surface area contributed by atoms with Crippen molar-refractivity contribution in [2.45, 2.75) is 439 Å². The van der Waals surface area contributed by atoms with E-state index in [2.05, 4.69) is 55.6 Å². The number of amides is 1. The zero-order chi connectivity index (χ0) is 71.8. The molecular weight excluding hydrogens is 1260 g/mol. The molecular formula is C80H149NO18. The van der Waals surface area contributed by atoms with Gasteiger partial charge in [-0.3, -0.25) is 4.79 Å². The van der Waals surface area contributed by atoms with Gasteiger partial charge in [-0.15, -0.1) is 0 Å². The molecule has 0 saturated carbocycles. The Kier molecular flexibility index (Phi) is 56.4. The van der Waals surface area contributed by atoms with Crippen LogP contribution in [0.5, 0.6) is 0 Å². The molecule has 0 aromatic rings. The molecule has 0 radical (unpaired) electrons. The predicted octanol–water partition coefficient (Wildman–Crippen LogP) is 13.5. The van der Waals surface area contributed by atoms with Gasteiger partial charge in [0.15, 0.2) is 18.9 Å². The van der Waals surface area contributed by atoms with Gasteiger partial charge in [0.1, 0.15) is 73.2 Å². The number of carbonyl (C=O) groups is 1. The third kappa shape index (κ3) is 41.5. The summed E-state index contributed by atoms with van der Waals surface area (Å²) in [5.41, 5.74) is 0. The Bertz CT molecular complexity index is 1930. The molecule has 0 aromatic carbocycles. The second kappa shape index (κ2) is 61.2. The first-order chi connectivity index (χ1) is 48.3. The van der Waals surface area contributed by atoms with E-state index in [-0.39, 0.29) is 18.9 Å². The summed E-state index contributed by atoms with van der Waals surface area (Å²) in [4.78, 5) is 13.5. The van der Waals surface area contributed by atoms with Crippen molar-refractivity contribution < 1.29 is 89.4 Å². The van der Waals surface area contributed by atoms with Crippen LogP contribution in [0, 0.1) is 0 Å². The van der Waals surface area contributed by atoms with E-state index in [0.29, 0.717) is 12.8 Å². The summed E-state index contributed by atoms with van der Waals surface area (Å²) < 4.78 is 34.5. The second-order valence-corrected chi connectivity index (χ2v) is 29.2. The molecule has 3 rings (SSSR count). The summed E-state index contributed by atoms with van der Waals surface area (Å²) in [6, 6.07) is -0.889. The van der Waals surface area contributed by atoms with E-state index >= 15 is 0 Å². The number of allylic oxidation sites excluding steroid dienone is 6. The molecule has 582 valence electrons. The van der Waals surface area contributed by atoms with Crippen LogP contribution in [0.4, 0.5) is 0 Å². The third-order valence-electron chi connectivity index (χ3n) is 20.5. The summed E-state index contributed by atoms with van der Waals surface area (Å²) in [6.45, 7) is 1.84. The highest BCUT2D eigenvalue weighted by Crippen LogP contribution is 2.33. The van der Waals surface area contributed by atoms with Gasteiger partial charge in [0.25, 0.3) is 0 Å². The van der Waals surface area contributed by atoms with Crippen LogP contribution in [0.2, 0.25) is 0 Å². The van der Waals surface area contributed by atoms with E-state index in [1.807, 2.05) is 0 Å². The largest absolute Gasteiger partial charge is 0.394 e. The lowest BCUT2D eigenvalue weighted by atomic mass is 9.96. The van der Waals surface area contributed by atoms with Crippen LogP contribution in [-0.4, -0.2) is 193 Å². The van der Waals surface area contributed by atoms with Crippen molar-refractivity contribution in [1.82, 2.24) is 5.32 Å². The number of rotatable bonds is 65. The fourth-order valence-electron chi connectivity index (χ4n) is 13.9. The summed E-state index contributed by atoms with van der Waals surface area (Å²) in [7, 11) is 0. The van der Waals surface area contributed by atoms with E-state index in [1.54, 1.807) is 0 Å². The van der Waals surface area contributed by atoms with Crippen molar-refractivity contribution in [3.63, 3.8) is 0 Å². The lowest BCUT2D eigenvalue weighted by molar-refractivity contribution is -0.379. The topological polar surface area (TPSA) is 307 Å². The second-order valence-electron chi connectivity index (χ2n) is 29.2. The molecule has 3 saturated heterocycles. The van der Waals surface area contributed by atoms with Crippen LogP contribution >= 0.6 is 0 Å². The number of hydrogen-bond donors (Lipinski definition) is 12. The molecule has 0 aliphatic carbocycles. The van der Waals surface area contributed by atoms with E-state index in [4.69, 9.17) is 28.4 Å². The summed E-state index contributed by atoms with van der Waals surface area (Å²) in [5.74, 6) is -0.239. The normalized spacial score (nSPS) is 26.7. The highest BCUT2D eigenvalue weighted by Gasteiger charge is 2.54. The Labute approximate surface area is 600 Å². The number of aliphatic hydroxyl groups excluding tert-OH is 11. The van der Waals surface area contributed by atoms with Crippen molar-refractivity contribution >= 4 is 5.91 Å². The summed E-state index contributed by atoms with van der Waals surface area (Å²) >= 11 is 0. The fraction of sp³-hybridized carbons (Fsp3) is 0.912. The minimum absolute atomic E-state index is 0.239. The Morgan fingerprint density at radius 2 is 0.667 bits per heavy atom. The molecule has 0 spiro atoms. The Balaban J connectivity index is 1.37. The number of unbranched alkanes of at least 4 members (excludes halogenated alkanes) is 43. The molecule has 3 heterocycles. The van der Waals surface area contributed by atoms with Crippen molar-refractivity contribution in [1.29, 1.82) is 0 Å². The third-order valence-corrected chi connectivity index (χ3v) is 20.5. The zero-order valence-corrected chi connectivity index (χ0v) is 62.2. The Morgan fingerprint density at radius 3 is 1.04 bits per heavy atom. The molecule has 12 N–H and O–H groups in total. The minimum Gasteiger partial charge on any atom is -0.394 e. The van der Waals surface area contributed by atoms with Crippen LogP contribution < -0.4 is 5.32 Å². The molecule has 99 heavy (non-hydrogen) atoms. The van der Waals surface area contributed by atoms with Crippen molar-refractivity contribution in [3.05, 3.63) is 36.5 Å². The molecule has 17 atom stereocenters. The molecule has 19 nitrogen and oxygen atoms in total. The summed E-state index contributed by atoms with van der Waals surface area (Å²) in [6.07, 6.45) is 48.0. The van der Waals surface area contributed by atoms with Gasteiger partial charge in [0.05, 0.1) is 38.6 Å². The molecule has 17 unspecified atom stereocenters. The predicted molar refractivity (Wildman–Crippen MR) is 393 cm³/mol. The smallest absolute Gasteiger partial charge is 0.220 e. The standard InChI is InChI=1S/C80H149NO18/c1-3-5-7-9-11-13-15-17-19-21-23-25-27-29-30-31-32-34-36-38-40-42-44-46-48-50-52-54-56-58-68(86)81-63(64(85)57-55-53-51-49-47-45-43-41-39-37-35-33-28-26-24-22-20-18-16-14-12-10-8-6-4-2)62-94-78-74(92)71(89)76(66(60-83)96-78)99-80-75(93)72(90)77(67(61-84)97-80)98-79-73(91)70(88)69(87)65(59-82)95-79/h15,17,21,23,27,29,63-67,69-80,82-85,87-93H,3-14,16,18-20,22,24-26,28,30-62H2,1-2H3,(H,81,86)/b17-15-,23-21-,29-27-. The van der Waals surface area contributed by atoms with Crippen LogP contribution in [0.3, 0.4) is 0 Å². The minimum atomic E-state index is -1.97. The monoisotopic (exact) mass is 1410 g/mol. The highest BCUT2D eigenvalue weighted by atomic mass is 16.8. The number of ether oxygens (including phenoxy) is 6. The Hall–Kier alpha value is -1.99. The van der Waals surface area contributed by atoms with Gasteiger partial charge in [-0.05, 0) is 51.4 Å². The van der Waals surface area contributed by atoms with Crippen LogP contribution in [-0.2, 0) is 33.2 Å². The van der Waals surface area contributed by atoms with Crippen molar-refractivity contribution in [2.75, 3.05) is 26.4 Å². The molecule has 0 aromatic heterocycles. The molecule has 19 heteroatoms. The average molecular weight is 1410 g/mol. The maximum Gasteiger partial charge on any atom is 0.220 e. The molecule has 1 amide bonds. The molecule has 0 bridgehead atoms. The van der Waals surface area contributed by atoms with E-state index < -0.39 is 124 Å². The zero-order valence-electron chi connectivity index (χ0n) is 62.2. The van der Waals surface area contributed by atoms with Crippen molar-refractivity contribution in [2.24, 2.45) is 0 Å². The number of carbonyl (C=O) groups excluding carboxylic acids is 1. The number of aliphatic hydroxyl groups is 11. The maximum absolute atomic E-state index is 13.5. The first-order valence-electron chi connectivity index (χ1n) is 40.7. The molecule has 3 fully saturated rings. The summed E-state index contributed by atoms with van der Waals surface area (Å²) in [5, 5.41) is 121. The van der Waals surface area contributed by atoms with E-state index in [1.165, 1.54) is 244 Å². The van der Waals surface area contributed by atoms with Gasteiger partial charge in [0.2, 0.25) is 5.91 Å². The Morgan fingerprint density at radius 1 is 0.364 bits per heavy atom. The van der Waals surface area contributed by atoms with Gasteiger partial charge in [0, 0.05) is 6.42 Å². The number of hydrogen-bond acceptors (Lipinski definition) is 18.